The first-order valence-corrected chi connectivity index (χ1v) is 7.52. The van der Waals surface area contributed by atoms with Gasteiger partial charge in [-0.3, -0.25) is 4.98 Å². The van der Waals surface area contributed by atoms with Crippen molar-refractivity contribution in [1.82, 2.24) is 9.55 Å². The van der Waals surface area contributed by atoms with E-state index in [9.17, 15) is 0 Å². The Morgan fingerprint density at radius 3 is 2.77 bits per heavy atom. The van der Waals surface area contributed by atoms with Crippen LogP contribution in [0.4, 0.5) is 5.69 Å². The van der Waals surface area contributed by atoms with Crippen molar-refractivity contribution in [3.8, 4) is 11.3 Å². The summed E-state index contributed by atoms with van der Waals surface area (Å²) < 4.78 is 2.33. The zero-order valence-corrected chi connectivity index (χ0v) is 13.2. The van der Waals surface area contributed by atoms with Crippen LogP contribution in [0.3, 0.4) is 0 Å². The Kier molecular flexibility index (Phi) is 3.68. The highest BCUT2D eigenvalue weighted by molar-refractivity contribution is 5.84. The van der Waals surface area contributed by atoms with Gasteiger partial charge in [0.1, 0.15) is 0 Å². The van der Waals surface area contributed by atoms with E-state index >= 15 is 0 Å². The van der Waals surface area contributed by atoms with Gasteiger partial charge in [0.2, 0.25) is 0 Å². The van der Waals surface area contributed by atoms with Crippen LogP contribution in [0.15, 0.2) is 42.6 Å². The molecule has 0 aliphatic rings. The molecule has 110 valence electrons. The molecular weight excluding hydrogens is 270 g/mol. The van der Waals surface area contributed by atoms with Crippen molar-refractivity contribution < 1.29 is 0 Å². The van der Waals surface area contributed by atoms with E-state index in [1.165, 1.54) is 16.6 Å². The van der Waals surface area contributed by atoms with Gasteiger partial charge in [0.15, 0.2) is 5.69 Å². The molecule has 22 heavy (non-hydrogen) atoms. The number of rotatable bonds is 3. The molecule has 3 aromatic rings. The number of pyridine rings is 1. The molecule has 3 rings (SSSR count). The number of benzene rings is 1. The predicted molar refractivity (Wildman–Crippen MR) is 91.0 cm³/mol. The molecule has 3 nitrogen and oxygen atoms in total. The maximum absolute atomic E-state index is 7.13. The number of aromatic nitrogens is 2. The summed E-state index contributed by atoms with van der Waals surface area (Å²) in [6.45, 7) is 14.7. The molecule has 0 saturated carbocycles. The lowest BCUT2D eigenvalue weighted by molar-refractivity contribution is 0.527. The summed E-state index contributed by atoms with van der Waals surface area (Å²) in [5.74, 6) is 0.601. The van der Waals surface area contributed by atoms with E-state index in [2.05, 4.69) is 47.3 Å². The lowest BCUT2D eigenvalue weighted by Gasteiger charge is -2.11. The normalized spacial score (nSPS) is 11.0. The van der Waals surface area contributed by atoms with E-state index in [4.69, 9.17) is 6.57 Å². The molecule has 0 saturated heterocycles. The minimum atomic E-state index is 0.601. The highest BCUT2D eigenvalue weighted by Crippen LogP contribution is 2.27. The Morgan fingerprint density at radius 1 is 1.23 bits per heavy atom. The molecule has 0 radical (unpaired) electrons. The van der Waals surface area contributed by atoms with Crippen LogP contribution in [0, 0.1) is 19.4 Å². The minimum absolute atomic E-state index is 0.601. The quantitative estimate of drug-likeness (QED) is 0.606. The van der Waals surface area contributed by atoms with Gasteiger partial charge in [-0.15, -0.1) is 0 Å². The van der Waals surface area contributed by atoms with Crippen molar-refractivity contribution in [2.45, 2.75) is 27.3 Å². The second kappa shape index (κ2) is 5.65. The van der Waals surface area contributed by atoms with E-state index in [-0.39, 0.29) is 0 Å². The lowest BCUT2D eigenvalue weighted by atomic mass is 10.1. The summed E-state index contributed by atoms with van der Waals surface area (Å²) in [7, 11) is 0. The zero-order chi connectivity index (χ0) is 15.7. The summed E-state index contributed by atoms with van der Waals surface area (Å²) in [4.78, 5) is 8.10. The van der Waals surface area contributed by atoms with Gasteiger partial charge in [0.25, 0.3) is 0 Å². The molecule has 0 amide bonds. The standard InChI is InChI=1S/C19H19N3/c1-13(2)12-22-14(3)8-16-10-18(21-11-19(16)22)15-6-5-7-17(9-15)20-4/h5-11,13H,12H2,1-3H3. The number of fused-ring (bicyclic) bond motifs is 1. The van der Waals surface area contributed by atoms with Gasteiger partial charge in [-0.2, -0.15) is 0 Å². The van der Waals surface area contributed by atoms with E-state index in [1.54, 1.807) is 0 Å². The third kappa shape index (κ3) is 2.60. The molecular formula is C19H19N3. The van der Waals surface area contributed by atoms with Crippen LogP contribution < -0.4 is 0 Å². The molecule has 0 aliphatic heterocycles. The van der Waals surface area contributed by atoms with E-state index < -0.39 is 0 Å². The number of hydrogen-bond donors (Lipinski definition) is 0. The predicted octanol–water partition coefficient (Wildman–Crippen LogP) is 5.22. The summed E-state index contributed by atoms with van der Waals surface area (Å²) in [5, 5.41) is 1.20. The maximum atomic E-state index is 7.13. The molecule has 1 aromatic carbocycles. The van der Waals surface area contributed by atoms with Gasteiger partial charge in [0.05, 0.1) is 24.0 Å². The van der Waals surface area contributed by atoms with Gasteiger partial charge in [-0.25, -0.2) is 4.85 Å². The Balaban J connectivity index is 2.09. The first-order valence-electron chi connectivity index (χ1n) is 7.52. The largest absolute Gasteiger partial charge is 0.343 e. The van der Waals surface area contributed by atoms with E-state index in [1.807, 2.05) is 30.5 Å². The number of nitrogens with zero attached hydrogens (tertiary/aromatic N) is 3. The van der Waals surface area contributed by atoms with Crippen molar-refractivity contribution in [1.29, 1.82) is 0 Å². The second-order valence-electron chi connectivity index (χ2n) is 6.08. The summed E-state index contributed by atoms with van der Waals surface area (Å²) in [6.07, 6.45) is 1.95. The third-order valence-corrected chi connectivity index (χ3v) is 3.81. The van der Waals surface area contributed by atoms with Gasteiger partial charge in [-0.05, 0) is 36.6 Å². The fraction of sp³-hybridized carbons (Fsp3) is 0.263. The average molecular weight is 289 g/mol. The summed E-state index contributed by atoms with van der Waals surface area (Å²) >= 11 is 0. The second-order valence-corrected chi connectivity index (χ2v) is 6.08. The fourth-order valence-corrected chi connectivity index (χ4v) is 2.80. The Morgan fingerprint density at radius 2 is 2.05 bits per heavy atom. The highest BCUT2D eigenvalue weighted by atomic mass is 15.0. The Hall–Kier alpha value is -2.60. The van der Waals surface area contributed by atoms with Crippen LogP contribution in [0.5, 0.6) is 0 Å². The average Bonchev–Trinajstić information content (AvgIpc) is 2.82. The molecule has 0 atom stereocenters. The van der Waals surface area contributed by atoms with Crippen molar-refractivity contribution in [3.05, 3.63) is 59.7 Å². The molecule has 0 fully saturated rings. The van der Waals surface area contributed by atoms with Gasteiger partial charge in [-0.1, -0.05) is 32.0 Å². The van der Waals surface area contributed by atoms with Crippen LogP contribution in [0.2, 0.25) is 0 Å². The van der Waals surface area contributed by atoms with Gasteiger partial charge < -0.3 is 4.57 Å². The molecule has 2 heterocycles. The fourth-order valence-electron chi connectivity index (χ4n) is 2.80. The van der Waals surface area contributed by atoms with E-state index in [0.29, 0.717) is 11.6 Å². The van der Waals surface area contributed by atoms with Crippen LogP contribution in [0.25, 0.3) is 27.0 Å². The first kappa shape index (κ1) is 14.3. The number of aryl methyl sites for hydroxylation is 1. The van der Waals surface area contributed by atoms with Crippen molar-refractivity contribution in [2.75, 3.05) is 0 Å². The zero-order valence-electron chi connectivity index (χ0n) is 13.2. The van der Waals surface area contributed by atoms with Crippen LogP contribution >= 0.6 is 0 Å². The first-order chi connectivity index (χ1) is 10.6. The molecule has 0 unspecified atom stereocenters. The molecule has 0 spiro atoms. The molecule has 2 aromatic heterocycles. The molecule has 0 bridgehead atoms. The van der Waals surface area contributed by atoms with Crippen LogP contribution in [-0.2, 0) is 6.54 Å². The summed E-state index contributed by atoms with van der Waals surface area (Å²) in [6, 6.07) is 11.9. The summed E-state index contributed by atoms with van der Waals surface area (Å²) in [5.41, 5.74) is 4.99. The highest BCUT2D eigenvalue weighted by Gasteiger charge is 2.09. The number of hydrogen-bond acceptors (Lipinski definition) is 1. The van der Waals surface area contributed by atoms with Gasteiger partial charge >= 0.3 is 0 Å². The molecule has 3 heteroatoms. The topological polar surface area (TPSA) is 22.2 Å². The van der Waals surface area contributed by atoms with Crippen molar-refractivity contribution in [3.63, 3.8) is 0 Å². The van der Waals surface area contributed by atoms with E-state index in [0.717, 1.165) is 17.8 Å². The molecule has 0 N–H and O–H groups in total. The smallest absolute Gasteiger partial charge is 0.187 e. The third-order valence-electron chi connectivity index (χ3n) is 3.81. The SMILES string of the molecule is [C-]#[N+]c1cccc(-c2cc3cc(C)n(CC(C)C)c3cn2)c1. The molecule has 0 aliphatic carbocycles. The van der Waals surface area contributed by atoms with Crippen LogP contribution in [-0.4, -0.2) is 9.55 Å². The Bertz CT molecular complexity index is 866. The van der Waals surface area contributed by atoms with Crippen molar-refractivity contribution in [2.24, 2.45) is 5.92 Å². The lowest BCUT2D eigenvalue weighted by Crippen LogP contribution is -2.05. The van der Waals surface area contributed by atoms with Crippen LogP contribution in [0.1, 0.15) is 19.5 Å². The maximum Gasteiger partial charge on any atom is 0.187 e. The van der Waals surface area contributed by atoms with Crippen molar-refractivity contribution >= 4 is 16.6 Å². The minimum Gasteiger partial charge on any atom is -0.343 e. The van der Waals surface area contributed by atoms with Gasteiger partial charge in [0, 0.05) is 17.6 Å². The monoisotopic (exact) mass is 289 g/mol. The Labute approximate surface area is 131 Å².